The lowest BCUT2D eigenvalue weighted by molar-refractivity contribution is -0.152. The average Bonchev–Trinajstić information content (AvgIpc) is 2.18. The maximum absolute atomic E-state index is 11.3. The van der Waals surface area contributed by atoms with Crippen LogP contribution in [0.15, 0.2) is 0 Å². The smallest absolute Gasteiger partial charge is 0.328 e. The normalized spacial score (nSPS) is 13.9. The molecule has 8 heteroatoms. The van der Waals surface area contributed by atoms with Gasteiger partial charge in [0.2, 0.25) is 11.6 Å². The van der Waals surface area contributed by atoms with Crippen molar-refractivity contribution in [2.75, 3.05) is 14.1 Å². The highest BCUT2D eigenvalue weighted by atomic mass is 16.4. The van der Waals surface area contributed by atoms with Crippen molar-refractivity contribution in [3.8, 4) is 0 Å². The molecule has 0 aromatic heterocycles. The van der Waals surface area contributed by atoms with E-state index in [1.807, 2.05) is 0 Å². The van der Waals surface area contributed by atoms with Gasteiger partial charge in [0.15, 0.2) is 12.1 Å². The first-order valence-electron chi connectivity index (χ1n) is 4.25. The summed E-state index contributed by atoms with van der Waals surface area (Å²) in [6, 6.07) is -3.47. The molecule has 2 unspecified atom stereocenters. The summed E-state index contributed by atoms with van der Waals surface area (Å²) in [6.45, 7) is 0. The second kappa shape index (κ2) is 5.93. The summed E-state index contributed by atoms with van der Waals surface area (Å²) in [5, 5.41) is 21.4. The van der Waals surface area contributed by atoms with Crippen LogP contribution >= 0.6 is 0 Å². The Bertz CT molecular complexity index is 294. The van der Waals surface area contributed by atoms with Gasteiger partial charge in [0.05, 0.1) is 0 Å². The van der Waals surface area contributed by atoms with E-state index in [-0.39, 0.29) is 0 Å². The van der Waals surface area contributed by atoms with Crippen LogP contribution in [-0.2, 0) is 19.2 Å². The monoisotopic (exact) mass is 232 g/mol. The molecular formula is C8H12N2O6. The van der Waals surface area contributed by atoms with Crippen LogP contribution in [0, 0.1) is 0 Å². The molecule has 0 spiro atoms. The Labute approximate surface area is 90.6 Å². The molecule has 0 aliphatic rings. The fourth-order valence-electron chi connectivity index (χ4n) is 1.02. The van der Waals surface area contributed by atoms with Gasteiger partial charge in [0, 0.05) is 0 Å². The highest BCUT2D eigenvalue weighted by Gasteiger charge is 2.37. The van der Waals surface area contributed by atoms with Crippen molar-refractivity contribution in [2.24, 2.45) is 0 Å². The van der Waals surface area contributed by atoms with Gasteiger partial charge in [0.25, 0.3) is 0 Å². The van der Waals surface area contributed by atoms with Crippen molar-refractivity contribution >= 4 is 23.5 Å². The molecule has 0 aromatic rings. The van der Waals surface area contributed by atoms with Gasteiger partial charge >= 0.3 is 11.9 Å². The number of hydrogen-bond acceptors (Lipinski definition) is 6. The van der Waals surface area contributed by atoms with E-state index in [1.165, 1.54) is 14.1 Å². The summed E-state index contributed by atoms with van der Waals surface area (Å²) < 4.78 is 0. The summed E-state index contributed by atoms with van der Waals surface area (Å²) >= 11 is 0. The van der Waals surface area contributed by atoms with Crippen molar-refractivity contribution in [3.63, 3.8) is 0 Å². The molecule has 16 heavy (non-hydrogen) atoms. The molecule has 4 N–H and O–H groups in total. The molecule has 0 radical (unpaired) electrons. The number of Topliss-reactive ketones (excluding diaryl/α,β-unsaturated/α-hetero) is 2. The zero-order valence-electron chi connectivity index (χ0n) is 8.68. The molecule has 0 saturated carbocycles. The van der Waals surface area contributed by atoms with Crippen molar-refractivity contribution < 1.29 is 29.4 Å². The highest BCUT2D eigenvalue weighted by Crippen LogP contribution is 1.94. The quantitative estimate of drug-likeness (QED) is 0.279. The molecule has 0 saturated heterocycles. The Morgan fingerprint density at radius 1 is 0.812 bits per heavy atom. The van der Waals surface area contributed by atoms with E-state index in [0.717, 1.165) is 0 Å². The largest absolute Gasteiger partial charge is 0.480 e. The average molecular weight is 232 g/mol. The fraction of sp³-hybridized carbons (Fsp3) is 0.500. The Morgan fingerprint density at radius 2 is 1.06 bits per heavy atom. The van der Waals surface area contributed by atoms with Crippen LogP contribution < -0.4 is 10.6 Å². The van der Waals surface area contributed by atoms with Gasteiger partial charge in [-0.2, -0.15) is 0 Å². The third kappa shape index (κ3) is 3.11. The number of hydrogen-bond donors (Lipinski definition) is 4. The molecule has 0 aromatic carbocycles. The van der Waals surface area contributed by atoms with Crippen LogP contribution in [-0.4, -0.2) is 59.9 Å². The lowest BCUT2D eigenvalue weighted by Gasteiger charge is -2.12. The van der Waals surface area contributed by atoms with Crippen LogP contribution in [0.25, 0.3) is 0 Å². The molecule has 0 aliphatic carbocycles. The van der Waals surface area contributed by atoms with Gasteiger partial charge < -0.3 is 20.8 Å². The van der Waals surface area contributed by atoms with Crippen molar-refractivity contribution in [1.29, 1.82) is 0 Å². The number of carbonyl (C=O) groups is 4. The zero-order chi connectivity index (χ0) is 12.9. The minimum absolute atomic E-state index is 1.18. The summed E-state index contributed by atoms with van der Waals surface area (Å²) in [5.74, 6) is -5.70. The SMILES string of the molecule is CNC(C(=O)O)C(=O)C(=O)C(NC)C(=O)O. The Morgan fingerprint density at radius 3 is 1.19 bits per heavy atom. The van der Waals surface area contributed by atoms with E-state index in [2.05, 4.69) is 10.6 Å². The van der Waals surface area contributed by atoms with E-state index in [1.54, 1.807) is 0 Å². The van der Waals surface area contributed by atoms with Crippen LogP contribution in [0.1, 0.15) is 0 Å². The first-order chi connectivity index (χ1) is 7.36. The molecule has 0 aliphatic heterocycles. The molecule has 90 valence electrons. The number of carboxylic acid groups (broad SMARTS) is 2. The molecule has 0 amide bonds. The molecule has 2 atom stereocenters. The Kier molecular flexibility index (Phi) is 5.26. The summed E-state index contributed by atoms with van der Waals surface area (Å²) in [5.41, 5.74) is 0. The Hall–Kier alpha value is -1.80. The molecule has 0 bridgehead atoms. The number of ketones is 2. The molecular weight excluding hydrogens is 220 g/mol. The summed E-state index contributed by atoms with van der Waals surface area (Å²) in [7, 11) is 2.36. The molecule has 8 nitrogen and oxygen atoms in total. The van der Waals surface area contributed by atoms with Gasteiger partial charge in [-0.05, 0) is 14.1 Å². The third-order valence-electron chi connectivity index (χ3n) is 1.84. The van der Waals surface area contributed by atoms with Gasteiger partial charge in [-0.15, -0.1) is 0 Å². The predicted molar refractivity (Wildman–Crippen MR) is 51.0 cm³/mol. The first-order valence-corrected chi connectivity index (χ1v) is 4.25. The van der Waals surface area contributed by atoms with Crippen LogP contribution in [0.4, 0.5) is 0 Å². The van der Waals surface area contributed by atoms with E-state index < -0.39 is 35.6 Å². The van der Waals surface area contributed by atoms with Crippen molar-refractivity contribution in [1.82, 2.24) is 10.6 Å². The maximum Gasteiger partial charge on any atom is 0.328 e. The zero-order valence-corrected chi connectivity index (χ0v) is 8.68. The standard InChI is InChI=1S/C8H12N2O6/c1-9-3(7(13)14)5(11)6(12)4(10-2)8(15)16/h3-4,9-10H,1-2H3,(H,13,14)(H,15,16). The van der Waals surface area contributed by atoms with E-state index >= 15 is 0 Å². The van der Waals surface area contributed by atoms with E-state index in [0.29, 0.717) is 0 Å². The van der Waals surface area contributed by atoms with Crippen LogP contribution in [0.3, 0.4) is 0 Å². The summed E-state index contributed by atoms with van der Waals surface area (Å²) in [6.07, 6.45) is 0. The fourth-order valence-corrected chi connectivity index (χ4v) is 1.02. The van der Waals surface area contributed by atoms with E-state index in [9.17, 15) is 19.2 Å². The molecule has 0 rings (SSSR count). The highest BCUT2D eigenvalue weighted by molar-refractivity contribution is 6.47. The maximum atomic E-state index is 11.3. The number of aliphatic carboxylic acids is 2. The van der Waals surface area contributed by atoms with E-state index in [4.69, 9.17) is 10.2 Å². The van der Waals surface area contributed by atoms with Crippen molar-refractivity contribution in [3.05, 3.63) is 0 Å². The van der Waals surface area contributed by atoms with Crippen LogP contribution in [0.2, 0.25) is 0 Å². The minimum Gasteiger partial charge on any atom is -0.480 e. The Balaban J connectivity index is 4.90. The van der Waals surface area contributed by atoms with Crippen molar-refractivity contribution in [2.45, 2.75) is 12.1 Å². The van der Waals surface area contributed by atoms with Gasteiger partial charge in [-0.25, -0.2) is 0 Å². The number of nitrogens with one attached hydrogen (secondary N) is 2. The predicted octanol–water partition coefficient (Wildman–Crippen LogP) is -2.53. The number of carbonyl (C=O) groups excluding carboxylic acids is 2. The van der Waals surface area contributed by atoms with Gasteiger partial charge in [0.1, 0.15) is 0 Å². The topological polar surface area (TPSA) is 133 Å². The number of likely N-dealkylation sites (N-methyl/N-ethyl adjacent to an activating group) is 2. The van der Waals surface area contributed by atoms with Gasteiger partial charge in [-0.3, -0.25) is 19.2 Å². The molecule has 0 heterocycles. The van der Waals surface area contributed by atoms with Crippen LogP contribution in [0.5, 0.6) is 0 Å². The minimum atomic E-state index is -1.73. The first kappa shape index (κ1) is 14.2. The van der Waals surface area contributed by atoms with Gasteiger partial charge in [-0.1, -0.05) is 0 Å². The number of rotatable bonds is 7. The number of carboxylic acids is 2. The summed E-state index contributed by atoms with van der Waals surface area (Å²) in [4.78, 5) is 43.8. The lowest BCUT2D eigenvalue weighted by Crippen LogP contribution is -2.52. The third-order valence-corrected chi connectivity index (χ3v) is 1.84. The second-order valence-corrected chi connectivity index (χ2v) is 2.85. The lowest BCUT2D eigenvalue weighted by atomic mass is 10.0. The second-order valence-electron chi connectivity index (χ2n) is 2.85. The molecule has 0 fully saturated rings.